The van der Waals surface area contributed by atoms with E-state index >= 15 is 0 Å². The molecule has 3 heteroatoms. The van der Waals surface area contributed by atoms with Crippen LogP contribution in [0.5, 0.6) is 0 Å². The van der Waals surface area contributed by atoms with Crippen molar-refractivity contribution in [3.63, 3.8) is 0 Å². The summed E-state index contributed by atoms with van der Waals surface area (Å²) in [5.41, 5.74) is 0. The van der Waals surface area contributed by atoms with E-state index in [4.69, 9.17) is 0 Å². The molecular weight excluding hydrogens is 278 g/mol. The fraction of sp³-hybridized carbons (Fsp3) is 0.929. The molecule has 0 bridgehead atoms. The van der Waals surface area contributed by atoms with Gasteiger partial charge in [-0.3, -0.25) is 4.79 Å². The van der Waals surface area contributed by atoms with Gasteiger partial charge >= 0.3 is 0 Å². The largest absolute Gasteiger partial charge is 0.339 e. The van der Waals surface area contributed by atoms with Crippen molar-refractivity contribution in [3.05, 3.63) is 0 Å². The minimum Gasteiger partial charge on any atom is -0.339 e. The number of hydrogen-bond acceptors (Lipinski definition) is 1. The maximum absolute atomic E-state index is 12.6. The highest BCUT2D eigenvalue weighted by atomic mass is 79.9. The second kappa shape index (κ2) is 6.21. The predicted octanol–water partition coefficient (Wildman–Crippen LogP) is 3.59. The Morgan fingerprint density at radius 2 is 1.94 bits per heavy atom. The minimum absolute atomic E-state index is 0.325. The average molecular weight is 302 g/mol. The smallest absolute Gasteiger partial charge is 0.226 e. The summed E-state index contributed by atoms with van der Waals surface area (Å²) in [4.78, 5) is 14.8. The van der Waals surface area contributed by atoms with Gasteiger partial charge in [0.15, 0.2) is 0 Å². The molecule has 0 heterocycles. The number of carbonyl (C=O) groups is 1. The Morgan fingerprint density at radius 3 is 2.41 bits per heavy atom. The molecule has 0 aromatic heterocycles. The van der Waals surface area contributed by atoms with Gasteiger partial charge in [-0.25, -0.2) is 0 Å². The van der Waals surface area contributed by atoms with E-state index in [2.05, 4.69) is 27.8 Å². The summed E-state index contributed by atoms with van der Waals surface area (Å²) in [6.45, 7) is 3.21. The number of nitrogens with zero attached hydrogens (tertiary/aromatic N) is 1. The molecule has 2 unspecified atom stereocenters. The molecule has 2 rings (SSSR count). The van der Waals surface area contributed by atoms with Crippen LogP contribution in [0, 0.1) is 11.8 Å². The first-order valence-electron chi connectivity index (χ1n) is 7.10. The summed E-state index contributed by atoms with van der Waals surface area (Å²) in [7, 11) is 0. The van der Waals surface area contributed by atoms with Crippen LogP contribution in [0.1, 0.15) is 51.9 Å². The van der Waals surface area contributed by atoms with Gasteiger partial charge in [0, 0.05) is 23.8 Å². The highest BCUT2D eigenvalue weighted by Gasteiger charge is 2.36. The highest BCUT2D eigenvalue weighted by Crippen LogP contribution is 2.35. The first-order chi connectivity index (χ1) is 8.24. The minimum atomic E-state index is 0.325. The predicted molar refractivity (Wildman–Crippen MR) is 74.3 cm³/mol. The number of hydrogen-bond donors (Lipinski definition) is 0. The van der Waals surface area contributed by atoms with E-state index in [1.165, 1.54) is 32.1 Å². The zero-order chi connectivity index (χ0) is 12.3. The van der Waals surface area contributed by atoms with Crippen LogP contribution >= 0.6 is 15.9 Å². The molecule has 0 saturated heterocycles. The molecular formula is C14H24BrNO. The standard InChI is InChI=1S/C14H24BrNO/c1-11-5-2-8-13(11)14(17)16(10-4-9-15)12-6-3-7-12/h11-13H,2-10H2,1H3. The van der Waals surface area contributed by atoms with Gasteiger partial charge in [-0.2, -0.15) is 0 Å². The van der Waals surface area contributed by atoms with Gasteiger partial charge in [0.25, 0.3) is 0 Å². The third-order valence-corrected chi connectivity index (χ3v) is 5.07. The van der Waals surface area contributed by atoms with Crippen LogP contribution in [0.2, 0.25) is 0 Å². The summed E-state index contributed by atoms with van der Waals surface area (Å²) in [6, 6.07) is 0.564. The molecule has 2 aliphatic carbocycles. The third-order valence-electron chi connectivity index (χ3n) is 4.51. The normalized spacial score (nSPS) is 29.1. The number of carbonyl (C=O) groups excluding carboxylic acids is 1. The van der Waals surface area contributed by atoms with E-state index in [0.717, 1.165) is 24.7 Å². The lowest BCUT2D eigenvalue weighted by Gasteiger charge is -2.39. The van der Waals surface area contributed by atoms with Gasteiger partial charge in [-0.15, -0.1) is 0 Å². The Hall–Kier alpha value is -0.0500. The summed E-state index contributed by atoms with van der Waals surface area (Å²) in [5.74, 6) is 1.39. The van der Waals surface area contributed by atoms with E-state index in [1.807, 2.05) is 0 Å². The van der Waals surface area contributed by atoms with Crippen molar-refractivity contribution >= 4 is 21.8 Å². The van der Waals surface area contributed by atoms with Gasteiger partial charge in [0.1, 0.15) is 0 Å². The number of rotatable bonds is 5. The Labute approximate surface area is 113 Å². The van der Waals surface area contributed by atoms with Gasteiger partial charge in [-0.05, 0) is 44.4 Å². The lowest BCUT2D eigenvalue weighted by Crippen LogP contribution is -2.47. The topological polar surface area (TPSA) is 20.3 Å². The summed E-state index contributed by atoms with van der Waals surface area (Å²) >= 11 is 3.47. The fourth-order valence-electron chi connectivity index (χ4n) is 3.13. The Bertz CT molecular complexity index is 265. The summed E-state index contributed by atoms with van der Waals surface area (Å²) in [6.07, 6.45) is 8.47. The van der Waals surface area contributed by atoms with Crippen LogP contribution in [0.4, 0.5) is 0 Å². The second-order valence-corrected chi connectivity index (χ2v) is 6.47. The van der Waals surface area contributed by atoms with Crippen molar-refractivity contribution in [2.24, 2.45) is 11.8 Å². The zero-order valence-corrected chi connectivity index (χ0v) is 12.4. The lowest BCUT2D eigenvalue weighted by atomic mass is 9.88. The molecule has 98 valence electrons. The van der Waals surface area contributed by atoms with E-state index in [-0.39, 0.29) is 0 Å². The summed E-state index contributed by atoms with van der Waals surface area (Å²) in [5, 5.41) is 1.00. The molecule has 2 aliphatic rings. The maximum atomic E-state index is 12.6. The van der Waals surface area contributed by atoms with Gasteiger partial charge in [0.05, 0.1) is 0 Å². The molecule has 0 aromatic carbocycles. The first-order valence-corrected chi connectivity index (χ1v) is 8.22. The third kappa shape index (κ3) is 3.04. The van der Waals surface area contributed by atoms with Crippen LogP contribution in [0.3, 0.4) is 0 Å². The van der Waals surface area contributed by atoms with Gasteiger partial charge < -0.3 is 4.90 Å². The Kier molecular flexibility index (Phi) is 4.89. The average Bonchev–Trinajstić information content (AvgIpc) is 2.67. The SMILES string of the molecule is CC1CCCC1C(=O)N(CCCBr)C1CCC1. The summed E-state index contributed by atoms with van der Waals surface area (Å²) < 4.78 is 0. The first kappa shape index (κ1) is 13.4. The fourth-order valence-corrected chi connectivity index (χ4v) is 3.38. The van der Waals surface area contributed by atoms with Crippen molar-refractivity contribution < 1.29 is 4.79 Å². The zero-order valence-electron chi connectivity index (χ0n) is 10.8. The molecule has 0 N–H and O–H groups in total. The van der Waals surface area contributed by atoms with Crippen LogP contribution in [0.25, 0.3) is 0 Å². The Morgan fingerprint density at radius 1 is 1.24 bits per heavy atom. The van der Waals surface area contributed by atoms with Crippen LogP contribution in [-0.2, 0) is 4.79 Å². The van der Waals surface area contributed by atoms with Crippen LogP contribution < -0.4 is 0 Å². The van der Waals surface area contributed by atoms with Gasteiger partial charge in [-0.1, -0.05) is 29.3 Å². The molecule has 0 radical (unpaired) electrons. The molecule has 2 saturated carbocycles. The molecule has 0 aromatic rings. The monoisotopic (exact) mass is 301 g/mol. The van der Waals surface area contributed by atoms with Crippen molar-refractivity contribution in [1.82, 2.24) is 4.90 Å². The van der Waals surface area contributed by atoms with Crippen molar-refractivity contribution in [1.29, 1.82) is 0 Å². The van der Waals surface area contributed by atoms with Crippen molar-refractivity contribution in [2.75, 3.05) is 11.9 Å². The Balaban J connectivity index is 1.95. The van der Waals surface area contributed by atoms with E-state index in [1.54, 1.807) is 0 Å². The van der Waals surface area contributed by atoms with Crippen molar-refractivity contribution in [3.8, 4) is 0 Å². The van der Waals surface area contributed by atoms with E-state index in [0.29, 0.717) is 23.8 Å². The van der Waals surface area contributed by atoms with Gasteiger partial charge in [0.2, 0.25) is 5.91 Å². The molecule has 1 amide bonds. The van der Waals surface area contributed by atoms with Crippen molar-refractivity contribution in [2.45, 2.75) is 57.9 Å². The highest BCUT2D eigenvalue weighted by molar-refractivity contribution is 9.09. The molecule has 0 spiro atoms. The number of halogens is 1. The molecule has 0 aliphatic heterocycles. The van der Waals surface area contributed by atoms with E-state index in [9.17, 15) is 4.79 Å². The maximum Gasteiger partial charge on any atom is 0.226 e. The number of amides is 1. The second-order valence-electron chi connectivity index (χ2n) is 5.67. The van der Waals surface area contributed by atoms with Crippen LogP contribution in [0.15, 0.2) is 0 Å². The lowest BCUT2D eigenvalue weighted by molar-refractivity contribution is -0.140. The quantitative estimate of drug-likeness (QED) is 0.711. The molecule has 2 nitrogen and oxygen atoms in total. The molecule has 17 heavy (non-hydrogen) atoms. The molecule has 2 fully saturated rings. The van der Waals surface area contributed by atoms with E-state index < -0.39 is 0 Å². The number of alkyl halides is 1. The van der Waals surface area contributed by atoms with Crippen LogP contribution in [-0.4, -0.2) is 28.7 Å². The molecule has 2 atom stereocenters.